The summed E-state index contributed by atoms with van der Waals surface area (Å²) in [4.78, 5) is 52.9. The number of non-ortho nitro benzene ring substituents is 1. The monoisotopic (exact) mass is 652 g/mol. The van der Waals surface area contributed by atoms with Gasteiger partial charge in [-0.05, 0) is 85.6 Å². The maximum Gasteiger partial charge on any atom is 0.519 e. The van der Waals surface area contributed by atoms with Crippen LogP contribution in [0.25, 0.3) is 10.9 Å². The first-order valence-corrected chi connectivity index (χ1v) is 14.4. The van der Waals surface area contributed by atoms with Gasteiger partial charge in [-0.15, -0.1) is 0 Å². The number of hydrogen-bond donors (Lipinski definition) is 2. The lowest BCUT2D eigenvalue weighted by molar-refractivity contribution is -0.384. The van der Waals surface area contributed by atoms with Crippen LogP contribution in [0.1, 0.15) is 12.8 Å². The van der Waals surface area contributed by atoms with Gasteiger partial charge in [0.05, 0.1) is 17.5 Å². The van der Waals surface area contributed by atoms with E-state index in [-0.39, 0.29) is 22.9 Å². The predicted molar refractivity (Wildman–Crippen MR) is 170 cm³/mol. The van der Waals surface area contributed by atoms with Gasteiger partial charge in [0, 0.05) is 41.2 Å². The number of hydrogen-bond acceptors (Lipinski definition) is 10. The van der Waals surface area contributed by atoms with Gasteiger partial charge in [0.15, 0.2) is 11.5 Å². The molecule has 1 fully saturated rings. The first kappa shape index (κ1) is 31.4. The van der Waals surface area contributed by atoms with Crippen molar-refractivity contribution in [1.29, 1.82) is 0 Å². The lowest BCUT2D eigenvalue weighted by Gasteiger charge is -2.16. The van der Waals surface area contributed by atoms with E-state index in [0.717, 1.165) is 0 Å². The van der Waals surface area contributed by atoms with Crippen molar-refractivity contribution >= 4 is 45.9 Å². The lowest BCUT2D eigenvalue weighted by atomic mass is 10.0. The summed E-state index contributed by atoms with van der Waals surface area (Å²) in [5, 5.41) is 16.8. The molecule has 2 N–H and O–H groups in total. The second-order valence-corrected chi connectivity index (χ2v) is 10.7. The minimum absolute atomic E-state index is 0.0152. The molecule has 0 radical (unpaired) electrons. The molecule has 0 unspecified atom stereocenters. The number of benzene rings is 4. The van der Waals surface area contributed by atoms with Gasteiger partial charge >= 0.3 is 6.16 Å². The van der Waals surface area contributed by atoms with Crippen LogP contribution >= 0.6 is 0 Å². The van der Waals surface area contributed by atoms with E-state index in [0.29, 0.717) is 46.6 Å². The number of amides is 2. The molecule has 4 aromatic carbocycles. The number of anilines is 2. The number of carbonyl (C=O) groups is 3. The highest BCUT2D eigenvalue weighted by Gasteiger charge is 2.56. The molecule has 6 rings (SSSR count). The maximum absolute atomic E-state index is 13.2. The third-order valence-electron chi connectivity index (χ3n) is 7.49. The zero-order valence-corrected chi connectivity index (χ0v) is 25.1. The van der Waals surface area contributed by atoms with Crippen LogP contribution in [-0.4, -0.2) is 35.0 Å². The Morgan fingerprint density at radius 1 is 0.792 bits per heavy atom. The van der Waals surface area contributed by atoms with Crippen LogP contribution in [-0.2, 0) is 9.59 Å². The topological polar surface area (TPSA) is 168 Å². The van der Waals surface area contributed by atoms with Gasteiger partial charge in [-0.1, -0.05) is 0 Å². The van der Waals surface area contributed by atoms with E-state index in [1.54, 1.807) is 36.4 Å². The minimum Gasteiger partial charge on any atom is -0.493 e. The molecule has 1 aliphatic rings. The molecule has 1 saturated carbocycles. The number of nitro groups is 1. The van der Waals surface area contributed by atoms with Crippen LogP contribution in [0.4, 0.5) is 26.2 Å². The summed E-state index contributed by atoms with van der Waals surface area (Å²) in [6.45, 7) is 0. The van der Waals surface area contributed by atoms with Crippen LogP contribution in [0.5, 0.6) is 28.7 Å². The largest absolute Gasteiger partial charge is 0.519 e. The van der Waals surface area contributed by atoms with Gasteiger partial charge in [-0.2, -0.15) is 0 Å². The number of halogens is 1. The molecule has 0 saturated heterocycles. The smallest absolute Gasteiger partial charge is 0.493 e. The normalized spacial score (nSPS) is 12.8. The number of carbonyl (C=O) groups excluding carboxylic acids is 3. The highest BCUT2D eigenvalue weighted by molar-refractivity contribution is 6.16. The molecule has 1 aliphatic carbocycles. The van der Waals surface area contributed by atoms with E-state index in [9.17, 15) is 28.9 Å². The van der Waals surface area contributed by atoms with E-state index < -0.39 is 34.1 Å². The number of nitrogens with zero attached hydrogens (tertiary/aromatic N) is 2. The van der Waals surface area contributed by atoms with E-state index in [1.165, 1.54) is 67.9 Å². The van der Waals surface area contributed by atoms with Crippen molar-refractivity contribution in [2.75, 3.05) is 17.7 Å². The van der Waals surface area contributed by atoms with Crippen LogP contribution < -0.4 is 29.6 Å². The Labute approximate surface area is 271 Å². The molecule has 1 heterocycles. The third-order valence-corrected chi connectivity index (χ3v) is 7.49. The fourth-order valence-electron chi connectivity index (χ4n) is 4.75. The van der Waals surface area contributed by atoms with Crippen LogP contribution in [0, 0.1) is 21.3 Å². The molecule has 0 atom stereocenters. The summed E-state index contributed by atoms with van der Waals surface area (Å²) in [6.07, 6.45) is 1.19. The molecule has 0 bridgehead atoms. The van der Waals surface area contributed by atoms with Gasteiger partial charge in [0.1, 0.15) is 28.5 Å². The Hall–Kier alpha value is -6.57. The zero-order valence-electron chi connectivity index (χ0n) is 25.1. The fraction of sp³-hybridized carbons (Fsp3) is 0.118. The summed E-state index contributed by atoms with van der Waals surface area (Å²) in [5.74, 6) is -0.258. The van der Waals surface area contributed by atoms with E-state index in [4.69, 9.17) is 18.9 Å². The number of rotatable bonds is 10. The highest BCUT2D eigenvalue weighted by Crippen LogP contribution is 2.47. The van der Waals surface area contributed by atoms with E-state index >= 15 is 0 Å². The van der Waals surface area contributed by atoms with Gasteiger partial charge in [-0.25, -0.2) is 9.18 Å². The zero-order chi connectivity index (χ0) is 33.8. The predicted octanol–water partition coefficient (Wildman–Crippen LogP) is 7.02. The van der Waals surface area contributed by atoms with Crippen LogP contribution in [0.2, 0.25) is 0 Å². The number of nitro benzene ring substituents is 1. The van der Waals surface area contributed by atoms with Crippen molar-refractivity contribution in [3.8, 4) is 28.7 Å². The summed E-state index contributed by atoms with van der Waals surface area (Å²) in [5.41, 5.74) is -0.107. The van der Waals surface area contributed by atoms with Crippen molar-refractivity contribution in [3.05, 3.63) is 113 Å². The molecular formula is C34H25FN4O9. The average molecular weight is 653 g/mol. The molecule has 5 aromatic rings. The Bertz CT molecular complexity index is 2030. The summed E-state index contributed by atoms with van der Waals surface area (Å²) in [6, 6.07) is 21.5. The highest BCUT2D eigenvalue weighted by atomic mass is 19.1. The van der Waals surface area contributed by atoms with Crippen molar-refractivity contribution in [1.82, 2.24) is 4.98 Å². The molecule has 0 spiro atoms. The summed E-state index contributed by atoms with van der Waals surface area (Å²) < 4.78 is 35.2. The first-order valence-electron chi connectivity index (χ1n) is 14.4. The second-order valence-electron chi connectivity index (χ2n) is 10.7. The SMILES string of the molecule is COc1cc2c(Oc3ccc(NC(=O)C4(C(=O)Nc5ccc(F)cc5)CC4)cc3)ccnc2cc1OC(=O)Oc1ccc([N+](=O)[O-])cc1. The Morgan fingerprint density at radius 2 is 1.40 bits per heavy atom. The number of nitrogens with one attached hydrogen (secondary N) is 2. The Morgan fingerprint density at radius 3 is 1.98 bits per heavy atom. The quantitative estimate of drug-likeness (QED) is 0.0526. The van der Waals surface area contributed by atoms with Crippen molar-refractivity contribution in [2.24, 2.45) is 5.41 Å². The molecule has 48 heavy (non-hydrogen) atoms. The number of fused-ring (bicyclic) bond motifs is 1. The standard InChI is InChI=1S/C34H25FN4O9/c1-45-29-18-26-27(19-30(29)48-33(42)47-25-12-8-23(9-13-25)39(43)44)36-17-14-28(26)46-24-10-6-22(7-11-24)38-32(41)34(15-16-34)31(40)37-21-4-2-20(35)3-5-21/h2-14,17-19H,15-16H2,1H3,(H,37,40)(H,38,41). The van der Waals surface area contributed by atoms with Crippen molar-refractivity contribution in [3.63, 3.8) is 0 Å². The number of aromatic nitrogens is 1. The third kappa shape index (κ3) is 6.82. The fourth-order valence-corrected chi connectivity index (χ4v) is 4.75. The first-order chi connectivity index (χ1) is 23.1. The number of ether oxygens (including phenoxy) is 4. The van der Waals surface area contributed by atoms with Gasteiger partial charge < -0.3 is 29.6 Å². The van der Waals surface area contributed by atoms with Gasteiger partial charge in [-0.3, -0.25) is 24.7 Å². The average Bonchev–Trinajstić information content (AvgIpc) is 3.89. The molecule has 14 heteroatoms. The lowest BCUT2D eigenvalue weighted by Crippen LogP contribution is -2.35. The van der Waals surface area contributed by atoms with Crippen LogP contribution in [0.3, 0.4) is 0 Å². The number of pyridine rings is 1. The van der Waals surface area contributed by atoms with Gasteiger partial charge in [0.25, 0.3) is 5.69 Å². The van der Waals surface area contributed by atoms with Crippen molar-refractivity contribution < 1.29 is 42.6 Å². The van der Waals surface area contributed by atoms with Crippen molar-refractivity contribution in [2.45, 2.75) is 12.8 Å². The van der Waals surface area contributed by atoms with E-state index in [1.807, 2.05) is 0 Å². The summed E-state index contributed by atoms with van der Waals surface area (Å²) in [7, 11) is 1.39. The molecule has 13 nitrogen and oxygen atoms in total. The number of methoxy groups -OCH3 is 1. The second kappa shape index (κ2) is 13.0. The van der Waals surface area contributed by atoms with Crippen LogP contribution in [0.15, 0.2) is 97.2 Å². The summed E-state index contributed by atoms with van der Waals surface area (Å²) >= 11 is 0. The van der Waals surface area contributed by atoms with Gasteiger partial charge in [0.2, 0.25) is 11.8 Å². The molecule has 2 amide bonds. The molecule has 0 aliphatic heterocycles. The van der Waals surface area contributed by atoms with E-state index in [2.05, 4.69) is 15.6 Å². The minimum atomic E-state index is -1.21. The Kier molecular flexibility index (Phi) is 8.53. The maximum atomic E-state index is 13.2. The molecular weight excluding hydrogens is 627 g/mol. The molecule has 1 aromatic heterocycles. The Balaban J connectivity index is 1.11. The molecule has 242 valence electrons.